The maximum Gasteiger partial charge on any atom is 0.254 e. The van der Waals surface area contributed by atoms with Gasteiger partial charge in [-0.2, -0.15) is 0 Å². The zero-order chi connectivity index (χ0) is 52.7. The molecule has 0 aromatic heterocycles. The zero-order valence-corrected chi connectivity index (χ0v) is 41.6. The molecule has 17 nitrogen and oxygen atoms in total. The summed E-state index contributed by atoms with van der Waals surface area (Å²) < 4.78 is 21.7. The summed E-state index contributed by atoms with van der Waals surface area (Å²) in [5.74, 6) is 8.57. The third-order valence-corrected chi connectivity index (χ3v) is 11.9. The van der Waals surface area contributed by atoms with E-state index in [2.05, 4.69) is 34.3 Å². The van der Waals surface area contributed by atoms with Gasteiger partial charge in [0.1, 0.15) is 13.2 Å². The average molecular weight is 989 g/mol. The van der Waals surface area contributed by atoms with Gasteiger partial charge in [0.15, 0.2) is 28.9 Å². The second-order valence-corrected chi connectivity index (χ2v) is 16.7. The van der Waals surface area contributed by atoms with Crippen LogP contribution in [0.1, 0.15) is 87.2 Å². The van der Waals surface area contributed by atoms with Crippen molar-refractivity contribution in [3.63, 3.8) is 0 Å². The van der Waals surface area contributed by atoms with Crippen LogP contribution in [0.2, 0.25) is 0 Å². The second kappa shape index (κ2) is 28.7. The van der Waals surface area contributed by atoms with E-state index in [1.807, 2.05) is 48.5 Å². The molecule has 0 spiro atoms. The number of hydrogen-bond donors (Lipinski definition) is 5. The first-order chi connectivity index (χ1) is 34.6. The van der Waals surface area contributed by atoms with E-state index in [1.54, 1.807) is 48.5 Å². The third kappa shape index (κ3) is 15.7. The number of hydrogen-bond acceptors (Lipinski definition) is 13. The third-order valence-electron chi connectivity index (χ3n) is 11.9. The SMILES string of the molecule is CNC(=O)[C@@](C)(C(=O)CO)N(C)C(=O)c1ccc(C#Cc2ccc(COCCO)cc2)cc1.CNC(=O)[C@@](C)(C(=O)COC1CCCCO1)N(C)C(=O)c1ccc(C#Cc2ccc(COCCO)cc2)cc1. The van der Waals surface area contributed by atoms with Gasteiger partial charge in [-0.3, -0.25) is 28.8 Å². The standard InChI is InChI=1S/C30H36N2O7.C25H28N2O6/c1-30(29(36)31-2,26(34)21-39-27-6-4-5-18-38-27)32(3)28(35)25-15-13-23(14-16-25)8-7-22-9-11-24(12-10-22)20-37-19-17-33;1-25(22(30)16-29,24(32)26-2)27(3)23(31)21-12-10-19(11-13-21)5-4-18-6-8-20(9-7-18)17-33-15-14-28/h9-16,27,33H,4-6,17-21H2,1-3H3,(H,31,36);6-13,28-29H,14-17H2,1-3H3,(H,26,32)/t27?,30-;25-/m11/s1. The number of nitrogens with one attached hydrogen (secondary N) is 2. The fraction of sp³-hybridized carbons (Fsp3) is 0.382. The molecule has 0 radical (unpaired) electrons. The van der Waals surface area contributed by atoms with Crippen molar-refractivity contribution >= 4 is 35.2 Å². The Kier molecular flexibility index (Phi) is 22.9. The fourth-order valence-electron chi connectivity index (χ4n) is 7.08. The van der Waals surface area contributed by atoms with E-state index in [0.29, 0.717) is 56.1 Å². The molecule has 1 aliphatic rings. The molecule has 0 bridgehead atoms. The van der Waals surface area contributed by atoms with Crippen molar-refractivity contribution in [1.82, 2.24) is 20.4 Å². The van der Waals surface area contributed by atoms with Gasteiger partial charge in [-0.1, -0.05) is 47.9 Å². The van der Waals surface area contributed by atoms with Crippen LogP contribution in [0.4, 0.5) is 0 Å². The Morgan fingerprint density at radius 2 is 0.972 bits per heavy atom. The Bertz CT molecular complexity index is 2560. The minimum Gasteiger partial charge on any atom is -0.394 e. The molecule has 4 amide bonds. The molecule has 1 aliphatic heterocycles. The van der Waals surface area contributed by atoms with Gasteiger partial charge in [0.2, 0.25) is 0 Å². The van der Waals surface area contributed by atoms with Crippen molar-refractivity contribution in [3.05, 3.63) is 142 Å². The molecular formula is C55H64N4O13. The summed E-state index contributed by atoms with van der Waals surface area (Å²) in [6, 6.07) is 28.3. The lowest BCUT2D eigenvalue weighted by atomic mass is 9.92. The molecule has 382 valence electrons. The number of Topliss-reactive ketones (excluding diaryl/α,β-unsaturated/α-hetero) is 2. The lowest BCUT2D eigenvalue weighted by molar-refractivity contribution is -0.174. The molecule has 1 saturated heterocycles. The minimum absolute atomic E-state index is 0.0130. The van der Waals surface area contributed by atoms with E-state index in [9.17, 15) is 33.9 Å². The van der Waals surface area contributed by atoms with Crippen LogP contribution in [0, 0.1) is 23.7 Å². The number of likely N-dealkylation sites (N-methyl/N-ethyl adjacent to an activating group) is 4. The summed E-state index contributed by atoms with van der Waals surface area (Å²) in [6.07, 6.45) is 2.08. The lowest BCUT2D eigenvalue weighted by Crippen LogP contribution is -2.62. The van der Waals surface area contributed by atoms with Crippen molar-refractivity contribution in [2.75, 3.05) is 74.4 Å². The lowest BCUT2D eigenvalue weighted by Gasteiger charge is -2.36. The summed E-state index contributed by atoms with van der Waals surface area (Å²) in [7, 11) is 5.55. The molecular weight excluding hydrogens is 925 g/mol. The number of carbonyl (C=O) groups is 6. The van der Waals surface area contributed by atoms with Crippen LogP contribution >= 0.6 is 0 Å². The monoisotopic (exact) mass is 988 g/mol. The summed E-state index contributed by atoms with van der Waals surface area (Å²) in [5.41, 5.74) is 1.96. The van der Waals surface area contributed by atoms with E-state index < -0.39 is 59.2 Å². The van der Waals surface area contributed by atoms with Crippen LogP contribution < -0.4 is 10.6 Å². The number of ether oxygens (including phenoxy) is 4. The van der Waals surface area contributed by atoms with Crippen molar-refractivity contribution in [1.29, 1.82) is 0 Å². The molecule has 5 rings (SSSR count). The van der Waals surface area contributed by atoms with E-state index >= 15 is 0 Å². The summed E-state index contributed by atoms with van der Waals surface area (Å²) in [4.78, 5) is 78.9. The molecule has 4 aromatic rings. The van der Waals surface area contributed by atoms with Gasteiger partial charge in [0.05, 0.1) is 39.6 Å². The van der Waals surface area contributed by atoms with Gasteiger partial charge in [0.25, 0.3) is 23.6 Å². The highest BCUT2D eigenvalue weighted by Gasteiger charge is 2.47. The van der Waals surface area contributed by atoms with Crippen LogP contribution in [0.5, 0.6) is 0 Å². The highest BCUT2D eigenvalue weighted by molar-refractivity contribution is 6.15. The molecule has 0 saturated carbocycles. The Morgan fingerprint density at radius 1 is 0.597 bits per heavy atom. The highest BCUT2D eigenvalue weighted by atomic mass is 16.7. The minimum atomic E-state index is -1.84. The average Bonchev–Trinajstić information content (AvgIpc) is 3.42. The smallest absolute Gasteiger partial charge is 0.254 e. The normalized spacial score (nSPS) is 14.4. The van der Waals surface area contributed by atoms with E-state index in [1.165, 1.54) is 42.0 Å². The van der Waals surface area contributed by atoms with Gasteiger partial charge in [-0.15, -0.1) is 0 Å². The topological polar surface area (TPSA) is 231 Å². The Labute approximate surface area is 420 Å². The number of carbonyl (C=O) groups excluding carboxylic acids is 6. The molecule has 5 N–H and O–H groups in total. The Balaban J connectivity index is 0.000000317. The Morgan fingerprint density at radius 3 is 1.31 bits per heavy atom. The summed E-state index contributed by atoms with van der Waals surface area (Å²) in [5, 5.41) is 31.7. The number of aliphatic hydroxyl groups is 3. The van der Waals surface area contributed by atoms with Crippen LogP contribution in [-0.4, -0.2) is 152 Å². The first kappa shape index (κ1) is 57.5. The maximum atomic E-state index is 13.3. The number of rotatable bonds is 20. The molecule has 1 heterocycles. The molecule has 17 heteroatoms. The van der Waals surface area contributed by atoms with Crippen molar-refractivity contribution in [3.8, 4) is 23.7 Å². The molecule has 3 atom stereocenters. The van der Waals surface area contributed by atoms with Gasteiger partial charge in [-0.05, 0) is 117 Å². The Hall–Kier alpha value is -7.06. The highest BCUT2D eigenvalue weighted by Crippen LogP contribution is 2.22. The van der Waals surface area contributed by atoms with E-state index in [0.717, 1.165) is 44.9 Å². The predicted molar refractivity (Wildman–Crippen MR) is 267 cm³/mol. The first-order valence-corrected chi connectivity index (χ1v) is 23.3. The van der Waals surface area contributed by atoms with Gasteiger partial charge < -0.3 is 54.7 Å². The van der Waals surface area contributed by atoms with Gasteiger partial charge >= 0.3 is 0 Å². The molecule has 0 aliphatic carbocycles. The van der Waals surface area contributed by atoms with Crippen LogP contribution in [0.15, 0.2) is 97.1 Å². The van der Waals surface area contributed by atoms with E-state index in [4.69, 9.17) is 29.2 Å². The van der Waals surface area contributed by atoms with Crippen LogP contribution in [0.25, 0.3) is 0 Å². The first-order valence-electron chi connectivity index (χ1n) is 23.3. The summed E-state index contributed by atoms with van der Waals surface area (Å²) in [6.45, 7) is 3.46. The van der Waals surface area contributed by atoms with Crippen LogP contribution in [0.3, 0.4) is 0 Å². The largest absolute Gasteiger partial charge is 0.394 e. The second-order valence-electron chi connectivity index (χ2n) is 16.7. The van der Waals surface area contributed by atoms with Crippen molar-refractivity contribution < 1.29 is 63.0 Å². The van der Waals surface area contributed by atoms with Crippen molar-refractivity contribution in [2.45, 2.75) is 63.7 Å². The molecule has 72 heavy (non-hydrogen) atoms. The quantitative estimate of drug-likeness (QED) is 0.0488. The van der Waals surface area contributed by atoms with Gasteiger partial charge in [-0.25, -0.2) is 0 Å². The number of benzene rings is 4. The number of nitrogens with zero attached hydrogens (tertiary/aromatic N) is 2. The van der Waals surface area contributed by atoms with E-state index in [-0.39, 0.29) is 25.4 Å². The maximum absolute atomic E-state index is 13.3. The molecule has 1 unspecified atom stereocenters. The molecule has 4 aromatic carbocycles. The molecule has 1 fully saturated rings. The van der Waals surface area contributed by atoms with Gasteiger partial charge in [0, 0.05) is 68.2 Å². The number of amides is 4. The van der Waals surface area contributed by atoms with Crippen LogP contribution in [-0.2, 0) is 51.3 Å². The number of aliphatic hydroxyl groups excluding tert-OH is 3. The number of ketones is 2. The fourth-order valence-corrected chi connectivity index (χ4v) is 7.08. The summed E-state index contributed by atoms with van der Waals surface area (Å²) >= 11 is 0. The predicted octanol–water partition coefficient (Wildman–Crippen LogP) is 3.02. The zero-order valence-electron chi connectivity index (χ0n) is 41.6. The van der Waals surface area contributed by atoms with Crippen molar-refractivity contribution in [2.24, 2.45) is 0 Å².